The summed E-state index contributed by atoms with van der Waals surface area (Å²) >= 11 is 6.03. The molecule has 0 bridgehead atoms. The summed E-state index contributed by atoms with van der Waals surface area (Å²) in [6, 6.07) is 15.0. The molecule has 0 saturated heterocycles. The lowest BCUT2D eigenvalue weighted by Gasteiger charge is -2.13. The molecule has 0 aliphatic carbocycles. The van der Waals surface area contributed by atoms with E-state index in [2.05, 4.69) is 15.2 Å². The van der Waals surface area contributed by atoms with Crippen LogP contribution in [0.1, 0.15) is 12.5 Å². The van der Waals surface area contributed by atoms with Gasteiger partial charge in [-0.1, -0.05) is 23.7 Å². The van der Waals surface area contributed by atoms with Crippen molar-refractivity contribution < 1.29 is 18.3 Å². The van der Waals surface area contributed by atoms with Crippen molar-refractivity contribution in [2.24, 2.45) is 5.10 Å². The van der Waals surface area contributed by atoms with E-state index >= 15 is 0 Å². The third kappa shape index (κ3) is 5.61. The molecule has 0 heterocycles. The Labute approximate surface area is 193 Å². The molecule has 0 atom stereocenters. The first-order chi connectivity index (χ1) is 15.6. The molecule has 0 aliphatic rings. The highest BCUT2D eigenvalue weighted by molar-refractivity contribution is 7.93. The summed E-state index contributed by atoms with van der Waals surface area (Å²) < 4.78 is 28.4. The molecule has 0 aromatic heterocycles. The van der Waals surface area contributed by atoms with E-state index in [1.807, 2.05) is 0 Å². The number of hydrazone groups is 1. The Kier molecular flexibility index (Phi) is 6.89. The van der Waals surface area contributed by atoms with Gasteiger partial charge in [0.2, 0.25) is 0 Å². The fourth-order valence-corrected chi connectivity index (χ4v) is 4.21. The molecule has 0 radical (unpaired) electrons. The molecule has 3 aromatic carbocycles. The number of nitro benzene ring substituents is 2. The van der Waals surface area contributed by atoms with Crippen molar-refractivity contribution in [3.8, 4) is 0 Å². The number of benzene rings is 3. The highest BCUT2D eigenvalue weighted by Crippen LogP contribution is 2.30. The van der Waals surface area contributed by atoms with Gasteiger partial charge in [0.1, 0.15) is 4.90 Å². The van der Waals surface area contributed by atoms with Crippen LogP contribution in [0.2, 0.25) is 5.02 Å². The summed E-state index contributed by atoms with van der Waals surface area (Å²) in [5.74, 6) is 0. The number of sulfonamides is 1. The van der Waals surface area contributed by atoms with Crippen molar-refractivity contribution >= 4 is 50.1 Å². The molecule has 11 nitrogen and oxygen atoms in total. The summed E-state index contributed by atoms with van der Waals surface area (Å²) in [5, 5.41) is 26.3. The summed E-state index contributed by atoms with van der Waals surface area (Å²) in [7, 11) is -4.30. The number of hydrogen-bond acceptors (Lipinski definition) is 8. The van der Waals surface area contributed by atoms with Crippen LogP contribution in [-0.2, 0) is 10.0 Å². The zero-order valence-electron chi connectivity index (χ0n) is 16.9. The predicted molar refractivity (Wildman–Crippen MR) is 124 cm³/mol. The molecule has 0 saturated carbocycles. The summed E-state index contributed by atoms with van der Waals surface area (Å²) in [6.07, 6.45) is 0. The maximum atomic E-state index is 13.0. The summed E-state index contributed by atoms with van der Waals surface area (Å²) in [4.78, 5) is 20.3. The molecular weight excluding hydrogens is 474 g/mol. The molecule has 0 spiro atoms. The number of halogens is 1. The van der Waals surface area contributed by atoms with Crippen molar-refractivity contribution in [2.75, 3.05) is 10.1 Å². The van der Waals surface area contributed by atoms with E-state index in [4.69, 9.17) is 11.6 Å². The Hall–Kier alpha value is -4.03. The maximum Gasteiger partial charge on any atom is 0.270 e. The minimum atomic E-state index is -4.30. The lowest BCUT2D eigenvalue weighted by molar-refractivity contribution is -0.385. The van der Waals surface area contributed by atoms with Gasteiger partial charge in [-0.3, -0.25) is 30.4 Å². The van der Waals surface area contributed by atoms with Crippen molar-refractivity contribution in [3.63, 3.8) is 0 Å². The van der Waals surface area contributed by atoms with Gasteiger partial charge in [-0.2, -0.15) is 5.10 Å². The first-order valence-corrected chi connectivity index (χ1v) is 11.1. The highest BCUT2D eigenvalue weighted by Gasteiger charge is 2.23. The molecule has 13 heteroatoms. The molecule has 3 rings (SSSR count). The van der Waals surface area contributed by atoms with Gasteiger partial charge in [0.15, 0.2) is 0 Å². The number of nitrogens with zero attached hydrogens (tertiary/aromatic N) is 3. The first kappa shape index (κ1) is 23.6. The SMILES string of the molecule is CC(=NNc1ccc([N+](=O)[O-])cc1S(=O)(=O)Nc1ccccc1Cl)c1ccc([N+](=O)[O-])cc1. The van der Waals surface area contributed by atoms with Crippen LogP contribution in [-0.4, -0.2) is 24.0 Å². The number of non-ortho nitro benzene ring substituents is 2. The third-order valence-corrected chi connectivity index (χ3v) is 6.16. The van der Waals surface area contributed by atoms with E-state index in [0.717, 1.165) is 12.1 Å². The average Bonchev–Trinajstić information content (AvgIpc) is 2.78. The van der Waals surface area contributed by atoms with Crippen molar-refractivity contribution in [2.45, 2.75) is 11.8 Å². The van der Waals surface area contributed by atoms with Crippen LogP contribution in [0.15, 0.2) is 76.7 Å². The van der Waals surface area contributed by atoms with E-state index in [1.165, 1.54) is 42.5 Å². The topological polar surface area (TPSA) is 157 Å². The summed E-state index contributed by atoms with van der Waals surface area (Å²) in [5.41, 5.74) is 3.09. The molecule has 3 aromatic rings. The van der Waals surface area contributed by atoms with Gasteiger partial charge in [0, 0.05) is 24.3 Å². The van der Waals surface area contributed by atoms with E-state index in [9.17, 15) is 28.6 Å². The molecule has 33 heavy (non-hydrogen) atoms. The Morgan fingerprint density at radius 1 is 0.909 bits per heavy atom. The Morgan fingerprint density at radius 2 is 1.52 bits per heavy atom. The van der Waals surface area contributed by atoms with Gasteiger partial charge in [-0.25, -0.2) is 8.42 Å². The standard InChI is InChI=1S/C20H16ClN5O6S/c1-13(14-6-8-15(9-7-14)25(27)28)22-23-19-11-10-16(26(29)30)12-20(19)33(31,32)24-18-5-3-2-4-17(18)21/h2-12,23-24H,1H3. The van der Waals surface area contributed by atoms with E-state index in [-0.39, 0.29) is 22.1 Å². The quantitative estimate of drug-likeness (QED) is 0.261. The van der Waals surface area contributed by atoms with E-state index in [0.29, 0.717) is 11.3 Å². The number of para-hydroxylation sites is 1. The lowest BCUT2D eigenvalue weighted by Crippen LogP contribution is -2.15. The molecule has 2 N–H and O–H groups in total. The number of anilines is 2. The van der Waals surface area contributed by atoms with Crippen molar-refractivity contribution in [1.29, 1.82) is 0 Å². The maximum absolute atomic E-state index is 13.0. The lowest BCUT2D eigenvalue weighted by atomic mass is 10.1. The fraction of sp³-hybridized carbons (Fsp3) is 0.0500. The third-order valence-electron chi connectivity index (χ3n) is 4.42. The second-order valence-electron chi connectivity index (χ2n) is 6.64. The van der Waals surface area contributed by atoms with Crippen LogP contribution in [0.25, 0.3) is 0 Å². The second-order valence-corrected chi connectivity index (χ2v) is 8.69. The van der Waals surface area contributed by atoms with Gasteiger partial charge in [0.25, 0.3) is 21.4 Å². The second kappa shape index (κ2) is 9.63. The number of nitro groups is 2. The van der Waals surface area contributed by atoms with Crippen LogP contribution in [0.4, 0.5) is 22.7 Å². The van der Waals surface area contributed by atoms with Crippen LogP contribution < -0.4 is 10.1 Å². The predicted octanol–water partition coefficient (Wildman–Crippen LogP) is 4.79. The van der Waals surface area contributed by atoms with Crippen LogP contribution >= 0.6 is 11.6 Å². The van der Waals surface area contributed by atoms with Gasteiger partial charge in [0.05, 0.1) is 32.0 Å². The Balaban J connectivity index is 1.96. The Bertz CT molecular complexity index is 1360. The largest absolute Gasteiger partial charge is 0.278 e. The Morgan fingerprint density at radius 3 is 2.12 bits per heavy atom. The van der Waals surface area contributed by atoms with E-state index < -0.39 is 30.5 Å². The van der Waals surface area contributed by atoms with Crippen molar-refractivity contribution in [3.05, 3.63) is 97.5 Å². The number of rotatable bonds is 8. The van der Waals surface area contributed by atoms with Crippen LogP contribution in [0.3, 0.4) is 0 Å². The highest BCUT2D eigenvalue weighted by atomic mass is 35.5. The zero-order valence-corrected chi connectivity index (χ0v) is 18.5. The normalized spacial score (nSPS) is 11.6. The number of nitrogens with one attached hydrogen (secondary N) is 2. The molecule has 0 unspecified atom stereocenters. The van der Waals surface area contributed by atoms with Crippen LogP contribution in [0.5, 0.6) is 0 Å². The molecule has 0 fully saturated rings. The summed E-state index contributed by atoms with van der Waals surface area (Å²) in [6.45, 7) is 1.61. The van der Waals surface area contributed by atoms with Gasteiger partial charge in [-0.05, 0) is 42.8 Å². The first-order valence-electron chi connectivity index (χ1n) is 9.19. The van der Waals surface area contributed by atoms with E-state index in [1.54, 1.807) is 19.1 Å². The monoisotopic (exact) mass is 489 g/mol. The molecule has 170 valence electrons. The number of hydrogen-bond donors (Lipinski definition) is 2. The minimum absolute atomic E-state index is 0.0265. The van der Waals surface area contributed by atoms with Gasteiger partial charge >= 0.3 is 0 Å². The van der Waals surface area contributed by atoms with Crippen molar-refractivity contribution in [1.82, 2.24) is 0 Å². The molecule has 0 amide bonds. The zero-order chi connectivity index (χ0) is 24.2. The molecular formula is C20H16ClN5O6S. The minimum Gasteiger partial charge on any atom is -0.278 e. The fourth-order valence-electron chi connectivity index (χ4n) is 2.72. The molecule has 0 aliphatic heterocycles. The van der Waals surface area contributed by atoms with Crippen LogP contribution in [0, 0.1) is 20.2 Å². The van der Waals surface area contributed by atoms with Gasteiger partial charge in [-0.15, -0.1) is 0 Å². The smallest absolute Gasteiger partial charge is 0.270 e. The average molecular weight is 490 g/mol. The van der Waals surface area contributed by atoms with Gasteiger partial charge < -0.3 is 0 Å².